The molecule has 0 aromatic heterocycles. The number of ether oxygens (including phenoxy) is 1. The molecule has 2 aromatic carbocycles. The van der Waals surface area contributed by atoms with Crippen molar-refractivity contribution in [3.8, 4) is 0 Å². The molecule has 2 rings (SSSR count). The summed E-state index contributed by atoms with van der Waals surface area (Å²) in [6.07, 6.45) is -0.743. The van der Waals surface area contributed by atoms with Crippen LogP contribution >= 0.6 is 11.6 Å². The normalized spacial score (nSPS) is 11.5. The third-order valence-corrected chi connectivity index (χ3v) is 3.32. The first kappa shape index (κ1) is 15.9. The highest BCUT2D eigenvalue weighted by atomic mass is 35.5. The van der Waals surface area contributed by atoms with Crippen LogP contribution in [0.15, 0.2) is 54.6 Å². The number of hydrogen-bond acceptors (Lipinski definition) is 3. The molecule has 114 valence electrons. The van der Waals surface area contributed by atoms with E-state index in [2.05, 4.69) is 5.32 Å². The zero-order valence-corrected chi connectivity index (χ0v) is 12.4. The lowest BCUT2D eigenvalue weighted by atomic mass is 10.1. The van der Waals surface area contributed by atoms with E-state index in [9.17, 15) is 9.59 Å². The van der Waals surface area contributed by atoms with Gasteiger partial charge in [-0.1, -0.05) is 60.1 Å². The number of alkyl carbamates (subject to hydrolysis) is 1. The fraction of sp³-hybridized carbons (Fsp3) is 0.125. The van der Waals surface area contributed by atoms with E-state index in [0.29, 0.717) is 10.6 Å². The van der Waals surface area contributed by atoms with Gasteiger partial charge >= 0.3 is 6.09 Å². The molecule has 0 aliphatic rings. The molecule has 0 heterocycles. The Balaban J connectivity index is 2.01. The van der Waals surface area contributed by atoms with Gasteiger partial charge in [0.15, 0.2) is 0 Å². The van der Waals surface area contributed by atoms with E-state index < -0.39 is 18.0 Å². The van der Waals surface area contributed by atoms with Gasteiger partial charge in [-0.15, -0.1) is 0 Å². The molecule has 22 heavy (non-hydrogen) atoms. The second-order valence-electron chi connectivity index (χ2n) is 4.56. The van der Waals surface area contributed by atoms with E-state index in [0.717, 1.165) is 5.56 Å². The number of carbonyl (C=O) groups excluding carboxylic acids is 2. The summed E-state index contributed by atoms with van der Waals surface area (Å²) in [7, 11) is 0. The van der Waals surface area contributed by atoms with Crippen molar-refractivity contribution in [3.63, 3.8) is 0 Å². The number of halogens is 1. The fourth-order valence-electron chi connectivity index (χ4n) is 1.89. The molecule has 1 atom stereocenters. The number of rotatable bonds is 5. The van der Waals surface area contributed by atoms with Crippen LogP contribution in [0, 0.1) is 0 Å². The van der Waals surface area contributed by atoms with Crippen molar-refractivity contribution in [1.82, 2.24) is 5.32 Å². The number of benzene rings is 2. The summed E-state index contributed by atoms with van der Waals surface area (Å²) in [5.74, 6) is -0.718. The Morgan fingerprint density at radius 3 is 2.36 bits per heavy atom. The van der Waals surface area contributed by atoms with Gasteiger partial charge in [0, 0.05) is 10.6 Å². The molecule has 0 aliphatic carbocycles. The van der Waals surface area contributed by atoms with Crippen LogP contribution in [-0.4, -0.2) is 12.0 Å². The smallest absolute Gasteiger partial charge is 0.408 e. The third kappa shape index (κ3) is 4.23. The molecule has 0 fully saturated rings. The Morgan fingerprint density at radius 2 is 1.73 bits per heavy atom. The van der Waals surface area contributed by atoms with Crippen molar-refractivity contribution in [3.05, 3.63) is 70.7 Å². The first-order chi connectivity index (χ1) is 10.6. The summed E-state index contributed by atoms with van der Waals surface area (Å²) in [4.78, 5) is 23.4. The number of nitrogens with one attached hydrogen (secondary N) is 1. The van der Waals surface area contributed by atoms with Crippen molar-refractivity contribution in [2.24, 2.45) is 5.73 Å². The Bertz CT molecular complexity index is 661. The van der Waals surface area contributed by atoms with Gasteiger partial charge in [0.1, 0.15) is 12.6 Å². The zero-order valence-electron chi connectivity index (χ0n) is 11.7. The number of carbonyl (C=O) groups is 2. The highest BCUT2D eigenvalue weighted by Gasteiger charge is 2.23. The van der Waals surface area contributed by atoms with Gasteiger partial charge < -0.3 is 15.8 Å². The maximum atomic E-state index is 11.8. The van der Waals surface area contributed by atoms with E-state index in [-0.39, 0.29) is 6.61 Å². The van der Waals surface area contributed by atoms with E-state index in [1.54, 1.807) is 24.3 Å². The summed E-state index contributed by atoms with van der Waals surface area (Å²) in [5.41, 5.74) is 6.59. The molecule has 2 aromatic rings. The molecule has 0 spiro atoms. The van der Waals surface area contributed by atoms with Gasteiger partial charge in [0.25, 0.3) is 0 Å². The molecule has 0 saturated heterocycles. The summed E-state index contributed by atoms with van der Waals surface area (Å²) >= 11 is 6.02. The van der Waals surface area contributed by atoms with Gasteiger partial charge in [-0.05, 0) is 11.6 Å². The molecule has 6 heteroatoms. The van der Waals surface area contributed by atoms with Crippen LogP contribution in [0.3, 0.4) is 0 Å². The van der Waals surface area contributed by atoms with Crippen LogP contribution in [0.5, 0.6) is 0 Å². The van der Waals surface area contributed by atoms with E-state index >= 15 is 0 Å². The van der Waals surface area contributed by atoms with Crippen molar-refractivity contribution < 1.29 is 14.3 Å². The van der Waals surface area contributed by atoms with Crippen LogP contribution in [-0.2, 0) is 16.1 Å². The summed E-state index contributed by atoms with van der Waals surface area (Å²) in [6.45, 7) is 0.0979. The van der Waals surface area contributed by atoms with E-state index in [1.165, 1.54) is 0 Å². The Morgan fingerprint density at radius 1 is 1.09 bits per heavy atom. The van der Waals surface area contributed by atoms with Crippen LogP contribution in [0.2, 0.25) is 5.02 Å². The minimum absolute atomic E-state index is 0.0979. The molecular formula is C16H15ClN2O3. The molecule has 0 aliphatic heterocycles. The first-order valence-corrected chi connectivity index (χ1v) is 6.96. The molecule has 0 bridgehead atoms. The van der Waals surface area contributed by atoms with Crippen LogP contribution in [0.1, 0.15) is 17.2 Å². The number of hydrogen-bond donors (Lipinski definition) is 2. The molecule has 0 saturated carbocycles. The lowest BCUT2D eigenvalue weighted by molar-refractivity contribution is -0.120. The summed E-state index contributed by atoms with van der Waals surface area (Å²) in [6, 6.07) is 14.8. The van der Waals surface area contributed by atoms with Crippen LogP contribution in [0.4, 0.5) is 4.79 Å². The van der Waals surface area contributed by atoms with Crippen LogP contribution < -0.4 is 11.1 Å². The first-order valence-electron chi connectivity index (χ1n) is 6.59. The molecule has 2 amide bonds. The molecule has 0 radical (unpaired) electrons. The van der Waals surface area contributed by atoms with Gasteiger partial charge in [-0.2, -0.15) is 0 Å². The summed E-state index contributed by atoms with van der Waals surface area (Å²) in [5, 5.41) is 2.77. The largest absolute Gasteiger partial charge is 0.445 e. The highest BCUT2D eigenvalue weighted by Crippen LogP contribution is 2.22. The zero-order chi connectivity index (χ0) is 15.9. The predicted molar refractivity (Wildman–Crippen MR) is 83.2 cm³/mol. The van der Waals surface area contributed by atoms with Crippen molar-refractivity contribution >= 4 is 23.6 Å². The average Bonchev–Trinajstić information content (AvgIpc) is 2.52. The average molecular weight is 319 g/mol. The summed E-state index contributed by atoms with van der Waals surface area (Å²) < 4.78 is 5.07. The molecular weight excluding hydrogens is 304 g/mol. The van der Waals surface area contributed by atoms with Crippen molar-refractivity contribution in [1.29, 1.82) is 0 Å². The Hall–Kier alpha value is -2.53. The lowest BCUT2D eigenvalue weighted by Gasteiger charge is -2.17. The van der Waals surface area contributed by atoms with Gasteiger partial charge in [-0.25, -0.2) is 4.79 Å². The predicted octanol–water partition coefficient (Wildman–Crippen LogP) is 2.79. The highest BCUT2D eigenvalue weighted by molar-refractivity contribution is 6.31. The maximum absolute atomic E-state index is 11.8. The Kier molecular flexibility index (Phi) is 5.38. The topological polar surface area (TPSA) is 81.4 Å². The maximum Gasteiger partial charge on any atom is 0.408 e. The SMILES string of the molecule is NC(=O)[C@@H](NC(=O)OCc1ccccc1)c1ccccc1Cl. The minimum atomic E-state index is -1.04. The van der Waals surface area contributed by atoms with E-state index in [1.807, 2.05) is 30.3 Å². The van der Waals surface area contributed by atoms with Gasteiger partial charge in [0.2, 0.25) is 5.91 Å². The number of nitrogens with two attached hydrogens (primary N) is 1. The minimum Gasteiger partial charge on any atom is -0.445 e. The van der Waals surface area contributed by atoms with Gasteiger partial charge in [-0.3, -0.25) is 4.79 Å². The molecule has 3 N–H and O–H groups in total. The van der Waals surface area contributed by atoms with E-state index in [4.69, 9.17) is 22.1 Å². The number of primary amides is 1. The second kappa shape index (κ2) is 7.47. The quantitative estimate of drug-likeness (QED) is 0.889. The molecule has 0 unspecified atom stereocenters. The van der Waals surface area contributed by atoms with Crippen LogP contribution in [0.25, 0.3) is 0 Å². The fourth-order valence-corrected chi connectivity index (χ4v) is 2.14. The lowest BCUT2D eigenvalue weighted by Crippen LogP contribution is -2.37. The standard InChI is InChI=1S/C16H15ClN2O3/c17-13-9-5-4-8-12(13)14(15(18)20)19-16(21)22-10-11-6-2-1-3-7-11/h1-9,14H,10H2,(H2,18,20)(H,19,21)/t14-/m0/s1. The molecule has 5 nitrogen and oxygen atoms in total. The van der Waals surface area contributed by atoms with Crippen molar-refractivity contribution in [2.45, 2.75) is 12.6 Å². The monoisotopic (exact) mass is 318 g/mol. The Labute approximate surface area is 133 Å². The second-order valence-corrected chi connectivity index (χ2v) is 4.97. The van der Waals surface area contributed by atoms with Gasteiger partial charge in [0.05, 0.1) is 0 Å². The van der Waals surface area contributed by atoms with Crippen molar-refractivity contribution in [2.75, 3.05) is 0 Å². The number of amides is 2. The third-order valence-electron chi connectivity index (χ3n) is 2.98.